The first-order valence-electron chi connectivity index (χ1n) is 5.25. The zero-order valence-corrected chi connectivity index (χ0v) is 7.92. The van der Waals surface area contributed by atoms with Crippen molar-refractivity contribution in [2.24, 2.45) is 11.8 Å². The third kappa shape index (κ3) is 1.48. The molecule has 0 nitrogen and oxygen atoms in total. The monoisotopic (exact) mass is 162 g/mol. The highest BCUT2D eigenvalue weighted by Crippen LogP contribution is 2.41. The molecule has 0 N–H and O–H groups in total. The Morgan fingerprint density at radius 2 is 2.42 bits per heavy atom. The van der Waals surface area contributed by atoms with Crippen LogP contribution in [0.15, 0.2) is 23.8 Å². The Bertz CT molecular complexity index is 210. The number of hydrogen-bond donors (Lipinski definition) is 0. The molecule has 0 spiro atoms. The van der Waals surface area contributed by atoms with Gasteiger partial charge in [0.1, 0.15) is 0 Å². The molecule has 12 heavy (non-hydrogen) atoms. The smallest absolute Gasteiger partial charge is 0.0163 e. The summed E-state index contributed by atoms with van der Waals surface area (Å²) in [5, 5.41) is 0. The fourth-order valence-corrected chi connectivity index (χ4v) is 2.65. The van der Waals surface area contributed by atoms with Crippen molar-refractivity contribution in [2.45, 2.75) is 39.0 Å². The lowest BCUT2D eigenvalue weighted by molar-refractivity contribution is 0.464. The lowest BCUT2D eigenvalue weighted by Crippen LogP contribution is -1.98. The summed E-state index contributed by atoms with van der Waals surface area (Å²) in [7, 11) is 0. The molecule has 1 fully saturated rings. The van der Waals surface area contributed by atoms with Gasteiger partial charge in [0.2, 0.25) is 0 Å². The molecule has 0 amide bonds. The summed E-state index contributed by atoms with van der Waals surface area (Å²) in [6, 6.07) is 0. The molecule has 66 valence electrons. The van der Waals surface area contributed by atoms with Crippen molar-refractivity contribution in [3.05, 3.63) is 23.8 Å². The van der Waals surface area contributed by atoms with Gasteiger partial charge in [0, 0.05) is 0 Å². The van der Waals surface area contributed by atoms with E-state index in [4.69, 9.17) is 0 Å². The Balaban J connectivity index is 1.98. The van der Waals surface area contributed by atoms with E-state index in [1.807, 2.05) is 0 Å². The van der Waals surface area contributed by atoms with E-state index in [1.54, 1.807) is 5.57 Å². The summed E-state index contributed by atoms with van der Waals surface area (Å²) >= 11 is 0. The first kappa shape index (κ1) is 8.10. The molecule has 2 aliphatic rings. The number of rotatable bonds is 2. The van der Waals surface area contributed by atoms with E-state index >= 15 is 0 Å². The molecule has 0 aromatic heterocycles. The van der Waals surface area contributed by atoms with Gasteiger partial charge in [-0.2, -0.15) is 0 Å². The number of allylic oxidation sites excluding steroid dienone is 4. The van der Waals surface area contributed by atoms with E-state index < -0.39 is 0 Å². The van der Waals surface area contributed by atoms with Crippen molar-refractivity contribution in [1.29, 1.82) is 0 Å². The highest BCUT2D eigenvalue weighted by molar-refractivity contribution is 5.24. The van der Waals surface area contributed by atoms with Crippen LogP contribution in [0.4, 0.5) is 0 Å². The molecule has 2 unspecified atom stereocenters. The Morgan fingerprint density at radius 1 is 1.50 bits per heavy atom. The summed E-state index contributed by atoms with van der Waals surface area (Å²) in [6.07, 6.45) is 13.9. The minimum Gasteiger partial charge on any atom is -0.0839 e. The zero-order valence-electron chi connectivity index (χ0n) is 7.92. The maximum Gasteiger partial charge on any atom is -0.0163 e. The van der Waals surface area contributed by atoms with Crippen LogP contribution in [-0.4, -0.2) is 0 Å². The Labute approximate surface area is 75.4 Å². The molecular weight excluding hydrogens is 144 g/mol. The molecule has 0 bridgehead atoms. The van der Waals surface area contributed by atoms with Crippen LogP contribution in [0.1, 0.15) is 39.0 Å². The first-order chi connectivity index (χ1) is 5.90. The fraction of sp³-hybridized carbons (Fsp3) is 0.667. The van der Waals surface area contributed by atoms with Gasteiger partial charge in [-0.1, -0.05) is 43.6 Å². The molecule has 0 aromatic carbocycles. The molecule has 0 radical (unpaired) electrons. The second-order valence-electron chi connectivity index (χ2n) is 4.20. The SMILES string of the molecule is CCCC1CC2=CC=CCC2C1. The van der Waals surface area contributed by atoms with E-state index in [2.05, 4.69) is 25.2 Å². The van der Waals surface area contributed by atoms with Gasteiger partial charge in [-0.25, -0.2) is 0 Å². The topological polar surface area (TPSA) is 0 Å². The quantitative estimate of drug-likeness (QED) is 0.580. The van der Waals surface area contributed by atoms with E-state index in [1.165, 1.54) is 32.1 Å². The van der Waals surface area contributed by atoms with Crippen LogP contribution in [0.5, 0.6) is 0 Å². The van der Waals surface area contributed by atoms with Crippen LogP contribution in [0.25, 0.3) is 0 Å². The maximum absolute atomic E-state index is 2.35. The highest BCUT2D eigenvalue weighted by atomic mass is 14.3. The molecule has 0 aromatic rings. The molecule has 0 aliphatic heterocycles. The van der Waals surface area contributed by atoms with Crippen LogP contribution in [0.2, 0.25) is 0 Å². The average Bonchev–Trinajstić information content (AvgIpc) is 2.47. The van der Waals surface area contributed by atoms with Gasteiger partial charge in [0.15, 0.2) is 0 Å². The van der Waals surface area contributed by atoms with E-state index in [9.17, 15) is 0 Å². The first-order valence-corrected chi connectivity index (χ1v) is 5.25. The van der Waals surface area contributed by atoms with E-state index in [0.29, 0.717) is 0 Å². The molecule has 2 rings (SSSR count). The lowest BCUT2D eigenvalue weighted by atomic mass is 9.94. The molecule has 0 heteroatoms. The van der Waals surface area contributed by atoms with Crippen molar-refractivity contribution in [3.63, 3.8) is 0 Å². The molecule has 1 saturated carbocycles. The van der Waals surface area contributed by atoms with Crippen molar-refractivity contribution in [3.8, 4) is 0 Å². The van der Waals surface area contributed by atoms with Crippen LogP contribution < -0.4 is 0 Å². The van der Waals surface area contributed by atoms with Crippen molar-refractivity contribution in [1.82, 2.24) is 0 Å². The van der Waals surface area contributed by atoms with Crippen LogP contribution >= 0.6 is 0 Å². The fourth-order valence-electron chi connectivity index (χ4n) is 2.65. The Kier molecular flexibility index (Phi) is 2.34. The molecular formula is C12H18. The predicted octanol–water partition coefficient (Wildman–Crippen LogP) is 3.70. The Morgan fingerprint density at radius 3 is 3.17 bits per heavy atom. The Hall–Kier alpha value is -0.520. The average molecular weight is 162 g/mol. The summed E-state index contributed by atoms with van der Waals surface area (Å²) in [4.78, 5) is 0. The maximum atomic E-state index is 2.35. The van der Waals surface area contributed by atoms with E-state index in [0.717, 1.165) is 11.8 Å². The highest BCUT2D eigenvalue weighted by Gasteiger charge is 2.28. The summed E-state index contributed by atoms with van der Waals surface area (Å²) in [6.45, 7) is 2.30. The number of hydrogen-bond acceptors (Lipinski definition) is 0. The molecule has 2 atom stereocenters. The van der Waals surface area contributed by atoms with Crippen molar-refractivity contribution < 1.29 is 0 Å². The summed E-state index contributed by atoms with van der Waals surface area (Å²) in [5.74, 6) is 1.93. The van der Waals surface area contributed by atoms with Gasteiger partial charge in [0.05, 0.1) is 0 Å². The summed E-state index contributed by atoms with van der Waals surface area (Å²) < 4.78 is 0. The van der Waals surface area contributed by atoms with Gasteiger partial charge in [-0.05, 0) is 31.1 Å². The van der Waals surface area contributed by atoms with Crippen LogP contribution in [0, 0.1) is 11.8 Å². The lowest BCUT2D eigenvalue weighted by Gasteiger charge is -2.11. The van der Waals surface area contributed by atoms with Gasteiger partial charge < -0.3 is 0 Å². The minimum absolute atomic E-state index is 0.923. The van der Waals surface area contributed by atoms with Crippen molar-refractivity contribution >= 4 is 0 Å². The largest absolute Gasteiger partial charge is 0.0839 e. The second kappa shape index (κ2) is 3.47. The second-order valence-corrected chi connectivity index (χ2v) is 4.20. The van der Waals surface area contributed by atoms with Gasteiger partial charge in [-0.3, -0.25) is 0 Å². The van der Waals surface area contributed by atoms with Crippen LogP contribution in [-0.2, 0) is 0 Å². The van der Waals surface area contributed by atoms with Gasteiger partial charge in [-0.15, -0.1) is 0 Å². The zero-order chi connectivity index (χ0) is 8.39. The molecule has 0 heterocycles. The summed E-state index contributed by atoms with van der Waals surface area (Å²) in [5.41, 5.74) is 1.73. The van der Waals surface area contributed by atoms with Gasteiger partial charge >= 0.3 is 0 Å². The third-order valence-electron chi connectivity index (χ3n) is 3.23. The predicted molar refractivity (Wildman–Crippen MR) is 53.0 cm³/mol. The van der Waals surface area contributed by atoms with Crippen molar-refractivity contribution in [2.75, 3.05) is 0 Å². The minimum atomic E-state index is 0.923. The normalized spacial score (nSPS) is 33.2. The van der Waals surface area contributed by atoms with Gasteiger partial charge in [0.25, 0.3) is 0 Å². The molecule has 0 saturated heterocycles. The number of fused-ring (bicyclic) bond motifs is 1. The third-order valence-corrected chi connectivity index (χ3v) is 3.23. The van der Waals surface area contributed by atoms with Crippen LogP contribution in [0.3, 0.4) is 0 Å². The van der Waals surface area contributed by atoms with E-state index in [-0.39, 0.29) is 0 Å². The standard InChI is InChI=1S/C12H18/c1-2-5-10-8-11-6-3-4-7-12(11)9-10/h3-4,6,10,12H,2,5,7-9H2,1H3. The molecule has 2 aliphatic carbocycles.